The molecule has 1 fully saturated rings. The average Bonchev–Trinajstić information content (AvgIpc) is 3.04. The molecular formula is C13H19N5O8P+. The number of phosphoric ester groups is 1. The number of phosphoric acid groups is 1. The van der Waals surface area contributed by atoms with Gasteiger partial charge in [-0.3, -0.25) is 18.9 Å². The number of nitrogens with zero attached hydrogens (tertiary/aromatic N) is 3. The molecule has 4 atom stereocenters. The number of allylic oxidation sites excluding steroid dienone is 1. The normalized spacial score (nSPS) is 25.9. The fraction of sp³-hybridized carbons (Fsp3) is 0.462. The molecule has 0 saturated carbocycles. The molecule has 1 aliphatic rings. The molecule has 1 saturated heterocycles. The Labute approximate surface area is 151 Å². The zero-order valence-corrected chi connectivity index (χ0v) is 14.8. The van der Waals surface area contributed by atoms with Crippen molar-refractivity contribution in [3.63, 3.8) is 0 Å². The number of aromatic nitrogens is 4. The molecule has 0 amide bonds. The van der Waals surface area contributed by atoms with Gasteiger partial charge in [-0.1, -0.05) is 17.6 Å². The van der Waals surface area contributed by atoms with Crippen molar-refractivity contribution >= 4 is 24.9 Å². The van der Waals surface area contributed by atoms with Gasteiger partial charge in [0.05, 0.1) is 13.2 Å². The van der Waals surface area contributed by atoms with Gasteiger partial charge in [-0.15, -0.1) is 0 Å². The van der Waals surface area contributed by atoms with Crippen molar-refractivity contribution in [3.8, 4) is 0 Å². The number of nitrogens with one attached hydrogen (secondary N) is 1. The molecule has 7 N–H and O–H groups in total. The number of imidazole rings is 1. The van der Waals surface area contributed by atoms with Gasteiger partial charge in [0, 0.05) is 0 Å². The lowest BCUT2D eigenvalue weighted by molar-refractivity contribution is -0.745. The van der Waals surface area contributed by atoms with E-state index in [4.69, 9.17) is 20.3 Å². The predicted molar refractivity (Wildman–Crippen MR) is 89.1 cm³/mol. The van der Waals surface area contributed by atoms with E-state index in [0.717, 1.165) is 0 Å². The predicted octanol–water partition coefficient (Wildman–Crippen LogP) is -2.49. The van der Waals surface area contributed by atoms with Crippen molar-refractivity contribution in [1.29, 1.82) is 0 Å². The maximum atomic E-state index is 12.2. The van der Waals surface area contributed by atoms with E-state index in [1.165, 1.54) is 21.5 Å². The fourth-order valence-corrected chi connectivity index (χ4v) is 3.25. The van der Waals surface area contributed by atoms with E-state index < -0.39 is 44.5 Å². The molecule has 2 aromatic rings. The number of rotatable bonds is 6. The summed E-state index contributed by atoms with van der Waals surface area (Å²) in [6, 6.07) is 0. The quantitative estimate of drug-likeness (QED) is 0.170. The van der Waals surface area contributed by atoms with Crippen LogP contribution in [0.5, 0.6) is 0 Å². The van der Waals surface area contributed by atoms with Gasteiger partial charge in [-0.25, -0.2) is 9.13 Å². The molecule has 27 heavy (non-hydrogen) atoms. The van der Waals surface area contributed by atoms with Crippen molar-refractivity contribution < 1.29 is 38.4 Å². The third-order valence-electron chi connectivity index (χ3n) is 4.03. The van der Waals surface area contributed by atoms with Crippen LogP contribution in [0.1, 0.15) is 6.23 Å². The Bertz CT molecular complexity index is 968. The number of nitrogens with two attached hydrogens (primary N) is 1. The van der Waals surface area contributed by atoms with E-state index in [2.05, 4.69) is 21.1 Å². The van der Waals surface area contributed by atoms with E-state index in [0.29, 0.717) is 0 Å². The van der Waals surface area contributed by atoms with Gasteiger partial charge < -0.3 is 30.5 Å². The Balaban J connectivity index is 2.00. The number of aliphatic hydroxyl groups excluding tert-OH is 2. The van der Waals surface area contributed by atoms with Crippen LogP contribution in [0.4, 0.5) is 5.95 Å². The van der Waals surface area contributed by atoms with Crippen LogP contribution in [0, 0.1) is 0 Å². The van der Waals surface area contributed by atoms with E-state index in [9.17, 15) is 19.6 Å². The molecule has 0 bridgehead atoms. The number of hydrogen-bond acceptors (Lipinski definition) is 8. The van der Waals surface area contributed by atoms with Gasteiger partial charge in [0.25, 0.3) is 11.5 Å². The number of aliphatic hydroxyl groups is 2. The second-order valence-corrected chi connectivity index (χ2v) is 7.16. The number of nitrogen functional groups attached to an aromatic ring is 1. The summed E-state index contributed by atoms with van der Waals surface area (Å²) in [7, 11) is -4.78. The van der Waals surface area contributed by atoms with Crippen LogP contribution in [0.3, 0.4) is 0 Å². The van der Waals surface area contributed by atoms with Gasteiger partial charge >= 0.3 is 13.5 Å². The lowest BCUT2D eigenvalue weighted by Crippen LogP contribution is -2.46. The second-order valence-electron chi connectivity index (χ2n) is 5.92. The largest absolute Gasteiger partial charge is 0.469 e. The number of aromatic amines is 1. The minimum absolute atomic E-state index is 0.0888. The third kappa shape index (κ3) is 3.80. The van der Waals surface area contributed by atoms with Crippen LogP contribution >= 0.6 is 7.82 Å². The Hall–Kier alpha value is -2.12. The highest BCUT2D eigenvalue weighted by atomic mass is 31.2. The summed E-state index contributed by atoms with van der Waals surface area (Å²) in [5.74, 6) is -0.160. The fourth-order valence-electron chi connectivity index (χ4n) is 2.90. The number of anilines is 1. The van der Waals surface area contributed by atoms with Gasteiger partial charge in [0.1, 0.15) is 18.3 Å². The molecule has 0 spiro atoms. The molecule has 13 nitrogen and oxygen atoms in total. The maximum absolute atomic E-state index is 12.2. The first kappa shape index (κ1) is 19.6. The van der Waals surface area contributed by atoms with Gasteiger partial charge in [0.15, 0.2) is 6.33 Å². The monoisotopic (exact) mass is 404 g/mol. The molecule has 0 radical (unpaired) electrons. The maximum Gasteiger partial charge on any atom is 0.469 e. The topological polar surface area (TPSA) is 197 Å². The summed E-state index contributed by atoms with van der Waals surface area (Å²) in [6.45, 7) is 3.20. The number of fused-ring (bicyclic) bond motifs is 1. The second kappa shape index (κ2) is 7.13. The SMILES string of the molecule is C=CCn1c[n+]([C@@H]2O[C@H](COP(=O)(O)O)[C@@H](O)[C@H]2O)c2nc(N)[nH]c(=O)c21. The summed E-state index contributed by atoms with van der Waals surface area (Å²) >= 11 is 0. The van der Waals surface area contributed by atoms with Crippen molar-refractivity contribution in [1.82, 2.24) is 14.5 Å². The molecule has 3 heterocycles. The number of hydrogen-bond donors (Lipinski definition) is 6. The molecule has 0 aliphatic carbocycles. The Morgan fingerprint density at radius 2 is 2.19 bits per heavy atom. The first-order valence-electron chi connectivity index (χ1n) is 7.74. The van der Waals surface area contributed by atoms with E-state index in [1.54, 1.807) is 0 Å². The molecule has 148 valence electrons. The summed E-state index contributed by atoms with van der Waals surface area (Å²) in [5, 5.41) is 20.4. The molecule has 2 aromatic heterocycles. The first-order chi connectivity index (χ1) is 12.6. The van der Waals surface area contributed by atoms with Crippen molar-refractivity contribution in [2.75, 3.05) is 12.3 Å². The van der Waals surface area contributed by atoms with Gasteiger partial charge in [-0.2, -0.15) is 0 Å². The molecular weight excluding hydrogens is 385 g/mol. The summed E-state index contributed by atoms with van der Waals surface area (Å²) in [6.07, 6.45) is -2.43. The lowest BCUT2D eigenvalue weighted by atomic mass is 10.1. The minimum atomic E-state index is -4.78. The summed E-state index contributed by atoms with van der Waals surface area (Å²) in [4.78, 5) is 36.2. The van der Waals surface area contributed by atoms with Crippen molar-refractivity contribution in [3.05, 3.63) is 29.3 Å². The number of H-pyrrole nitrogens is 1. The van der Waals surface area contributed by atoms with Crippen LogP contribution < -0.4 is 15.9 Å². The molecule has 3 rings (SSSR count). The van der Waals surface area contributed by atoms with E-state index >= 15 is 0 Å². The standard InChI is InChI=1S/C13H18N5O8P/c1-2-3-17-5-18(10-7(17)11(21)16-13(14)15-10)12-9(20)8(19)6(26-12)4-25-27(22,23)24/h2,5-6,8-9,12,19-20H,1,3-4H2,(H4-,14,15,16,21,22,23,24)/p+1/t6-,8-,9-,12-/m1/s1. The third-order valence-corrected chi connectivity index (χ3v) is 4.52. The summed E-state index contributed by atoms with van der Waals surface area (Å²) < 4.78 is 23.5. The molecule has 0 unspecified atom stereocenters. The molecule has 14 heteroatoms. The lowest BCUT2D eigenvalue weighted by Gasteiger charge is -2.14. The minimum Gasteiger partial charge on any atom is -0.387 e. The van der Waals surface area contributed by atoms with E-state index in [1.807, 2.05) is 0 Å². The van der Waals surface area contributed by atoms with E-state index in [-0.39, 0.29) is 23.7 Å². The van der Waals surface area contributed by atoms with Crippen LogP contribution in [-0.4, -0.2) is 59.5 Å². The van der Waals surface area contributed by atoms with Crippen molar-refractivity contribution in [2.45, 2.75) is 31.1 Å². The van der Waals surface area contributed by atoms with Crippen LogP contribution in [0.15, 0.2) is 23.8 Å². The van der Waals surface area contributed by atoms with Crippen molar-refractivity contribution in [2.24, 2.45) is 0 Å². The average molecular weight is 404 g/mol. The highest BCUT2D eigenvalue weighted by Gasteiger charge is 2.47. The Kier molecular flexibility index (Phi) is 5.18. The smallest absolute Gasteiger partial charge is 0.387 e. The molecule has 1 aliphatic heterocycles. The molecule has 0 aromatic carbocycles. The first-order valence-corrected chi connectivity index (χ1v) is 9.27. The van der Waals surface area contributed by atoms with Gasteiger partial charge in [0.2, 0.25) is 11.7 Å². The zero-order valence-electron chi connectivity index (χ0n) is 13.9. The van der Waals surface area contributed by atoms with Crippen LogP contribution in [0.25, 0.3) is 11.2 Å². The van der Waals surface area contributed by atoms with Crippen LogP contribution in [0.2, 0.25) is 0 Å². The van der Waals surface area contributed by atoms with Gasteiger partial charge in [-0.05, 0) is 0 Å². The Morgan fingerprint density at radius 1 is 1.48 bits per heavy atom. The highest BCUT2D eigenvalue weighted by Crippen LogP contribution is 2.37. The Morgan fingerprint density at radius 3 is 2.81 bits per heavy atom. The zero-order chi connectivity index (χ0) is 19.9. The highest BCUT2D eigenvalue weighted by molar-refractivity contribution is 7.46. The number of ether oxygens (including phenoxy) is 1. The van der Waals surface area contributed by atoms with Crippen LogP contribution in [-0.2, 0) is 20.4 Å². The summed E-state index contributed by atoms with van der Waals surface area (Å²) in [5.41, 5.74) is 5.30.